The van der Waals surface area contributed by atoms with Crippen molar-refractivity contribution >= 4 is 11.8 Å². The summed E-state index contributed by atoms with van der Waals surface area (Å²) in [7, 11) is 1.51. The molecule has 2 amide bonds. The lowest BCUT2D eigenvalue weighted by Gasteiger charge is -2.13. The Bertz CT molecular complexity index is 596. The second-order valence-electron chi connectivity index (χ2n) is 4.62. The lowest BCUT2D eigenvalue weighted by atomic mass is 10.2. The van der Waals surface area contributed by atoms with Crippen molar-refractivity contribution in [1.29, 1.82) is 0 Å². The average molecular weight is 302 g/mol. The van der Waals surface area contributed by atoms with E-state index in [4.69, 9.17) is 9.15 Å². The number of hydrogen-bond donors (Lipinski definition) is 2. The smallest absolute Gasteiger partial charge is 0.309 e. The van der Waals surface area contributed by atoms with Crippen molar-refractivity contribution in [1.82, 2.24) is 10.6 Å². The van der Waals surface area contributed by atoms with E-state index in [1.807, 2.05) is 30.3 Å². The van der Waals surface area contributed by atoms with Crippen LogP contribution in [-0.4, -0.2) is 25.5 Å². The molecule has 0 aliphatic rings. The van der Waals surface area contributed by atoms with Crippen molar-refractivity contribution in [2.75, 3.05) is 13.7 Å². The molecule has 0 bridgehead atoms. The Hall–Kier alpha value is -2.60. The van der Waals surface area contributed by atoms with Gasteiger partial charge < -0.3 is 19.8 Å². The van der Waals surface area contributed by atoms with Crippen LogP contribution >= 0.6 is 0 Å². The van der Waals surface area contributed by atoms with Gasteiger partial charge in [-0.05, 0) is 17.7 Å². The molecule has 2 N–H and O–H groups in total. The number of carbonyl (C=O) groups excluding carboxylic acids is 2. The van der Waals surface area contributed by atoms with Crippen LogP contribution in [0.2, 0.25) is 0 Å². The minimum absolute atomic E-state index is 0.154. The van der Waals surface area contributed by atoms with Crippen LogP contribution in [0.4, 0.5) is 0 Å². The molecule has 2 aromatic rings. The molecule has 1 unspecified atom stereocenters. The number of methoxy groups -OCH3 is 1. The van der Waals surface area contributed by atoms with Gasteiger partial charge in [0.1, 0.15) is 11.9 Å². The third-order valence-electron chi connectivity index (χ3n) is 3.10. The molecular weight excluding hydrogens is 284 g/mol. The van der Waals surface area contributed by atoms with Crippen molar-refractivity contribution in [2.45, 2.75) is 12.6 Å². The highest BCUT2D eigenvalue weighted by Gasteiger charge is 2.18. The lowest BCUT2D eigenvalue weighted by Crippen LogP contribution is -2.41. The molecule has 0 aliphatic carbocycles. The number of amides is 2. The summed E-state index contributed by atoms with van der Waals surface area (Å²) in [6.07, 6.45) is 1.09. The van der Waals surface area contributed by atoms with Crippen molar-refractivity contribution in [3.63, 3.8) is 0 Å². The molecule has 1 heterocycles. The number of hydrogen-bond acceptors (Lipinski definition) is 4. The van der Waals surface area contributed by atoms with E-state index in [0.29, 0.717) is 12.3 Å². The van der Waals surface area contributed by atoms with E-state index in [0.717, 1.165) is 5.56 Å². The topological polar surface area (TPSA) is 80.6 Å². The minimum Gasteiger partial charge on any atom is -0.467 e. The van der Waals surface area contributed by atoms with Crippen LogP contribution in [-0.2, 0) is 20.9 Å². The van der Waals surface area contributed by atoms with Crippen LogP contribution in [0.5, 0.6) is 0 Å². The van der Waals surface area contributed by atoms with E-state index in [2.05, 4.69) is 10.6 Å². The first-order valence-electron chi connectivity index (χ1n) is 6.87. The molecule has 6 nitrogen and oxygen atoms in total. The zero-order chi connectivity index (χ0) is 15.8. The molecule has 0 aliphatic heterocycles. The number of rotatable bonds is 6. The van der Waals surface area contributed by atoms with Crippen molar-refractivity contribution < 1.29 is 18.7 Å². The highest BCUT2D eigenvalue weighted by molar-refractivity contribution is 6.35. The first-order valence-corrected chi connectivity index (χ1v) is 6.87. The van der Waals surface area contributed by atoms with Gasteiger partial charge in [-0.1, -0.05) is 30.3 Å². The van der Waals surface area contributed by atoms with Gasteiger partial charge in [0.15, 0.2) is 0 Å². The van der Waals surface area contributed by atoms with Gasteiger partial charge in [0, 0.05) is 13.7 Å². The van der Waals surface area contributed by atoms with Crippen LogP contribution < -0.4 is 10.6 Å². The zero-order valence-electron chi connectivity index (χ0n) is 12.2. The van der Waals surface area contributed by atoms with Crippen molar-refractivity contribution in [3.8, 4) is 0 Å². The Morgan fingerprint density at radius 2 is 1.82 bits per heavy atom. The van der Waals surface area contributed by atoms with E-state index in [-0.39, 0.29) is 6.54 Å². The molecule has 116 valence electrons. The quantitative estimate of drug-likeness (QED) is 0.790. The fraction of sp³-hybridized carbons (Fsp3) is 0.250. The number of carbonyl (C=O) groups is 2. The highest BCUT2D eigenvalue weighted by atomic mass is 16.5. The van der Waals surface area contributed by atoms with Crippen molar-refractivity contribution in [3.05, 3.63) is 60.1 Å². The van der Waals surface area contributed by atoms with Crippen LogP contribution in [0.15, 0.2) is 53.1 Å². The van der Waals surface area contributed by atoms with Gasteiger partial charge in [0.2, 0.25) is 0 Å². The molecule has 0 fully saturated rings. The van der Waals surface area contributed by atoms with Crippen molar-refractivity contribution in [2.24, 2.45) is 0 Å². The van der Waals surface area contributed by atoms with E-state index >= 15 is 0 Å². The Balaban J connectivity index is 1.77. The van der Waals surface area contributed by atoms with Crippen LogP contribution in [0.1, 0.15) is 17.4 Å². The van der Waals surface area contributed by atoms with Gasteiger partial charge in [-0.3, -0.25) is 9.59 Å². The standard InChI is InChI=1S/C16H18N2O4/c1-21-14(13-8-5-9-22-13)11-18-16(20)15(19)17-10-12-6-3-2-4-7-12/h2-9,14H,10-11H2,1H3,(H,17,19)(H,18,20). The Labute approximate surface area is 128 Å². The monoisotopic (exact) mass is 302 g/mol. The van der Waals surface area contributed by atoms with Crippen LogP contribution in [0, 0.1) is 0 Å². The summed E-state index contributed by atoms with van der Waals surface area (Å²) in [6, 6.07) is 12.8. The van der Waals surface area contributed by atoms with Gasteiger partial charge in [-0.2, -0.15) is 0 Å². The third-order valence-corrected chi connectivity index (χ3v) is 3.10. The van der Waals surface area contributed by atoms with E-state index in [1.54, 1.807) is 12.1 Å². The summed E-state index contributed by atoms with van der Waals surface area (Å²) in [5.41, 5.74) is 0.925. The summed E-state index contributed by atoms with van der Waals surface area (Å²) in [6.45, 7) is 0.459. The average Bonchev–Trinajstić information content (AvgIpc) is 3.08. The van der Waals surface area contributed by atoms with E-state index in [1.165, 1.54) is 13.4 Å². The van der Waals surface area contributed by atoms with E-state index < -0.39 is 17.9 Å². The second kappa shape index (κ2) is 7.99. The normalized spacial score (nSPS) is 11.7. The largest absolute Gasteiger partial charge is 0.467 e. The maximum atomic E-state index is 11.7. The van der Waals surface area contributed by atoms with E-state index in [9.17, 15) is 9.59 Å². The molecule has 0 saturated carbocycles. The summed E-state index contributed by atoms with van der Waals surface area (Å²) in [5.74, 6) is -0.796. The lowest BCUT2D eigenvalue weighted by molar-refractivity contribution is -0.139. The molecule has 6 heteroatoms. The number of benzene rings is 1. The molecule has 0 saturated heterocycles. The number of nitrogens with one attached hydrogen (secondary N) is 2. The van der Waals surface area contributed by atoms with Gasteiger partial charge >= 0.3 is 11.8 Å². The van der Waals surface area contributed by atoms with Gasteiger partial charge in [-0.15, -0.1) is 0 Å². The summed E-state index contributed by atoms with van der Waals surface area (Å²) < 4.78 is 10.4. The maximum Gasteiger partial charge on any atom is 0.309 e. The van der Waals surface area contributed by atoms with Crippen LogP contribution in [0.25, 0.3) is 0 Å². The Kier molecular flexibility index (Phi) is 5.73. The first kappa shape index (κ1) is 15.8. The van der Waals surface area contributed by atoms with Gasteiger partial charge in [0.05, 0.1) is 12.8 Å². The zero-order valence-corrected chi connectivity index (χ0v) is 12.2. The molecular formula is C16H18N2O4. The summed E-state index contributed by atoms with van der Waals surface area (Å²) >= 11 is 0. The van der Waals surface area contributed by atoms with Gasteiger partial charge in [0.25, 0.3) is 0 Å². The Morgan fingerprint density at radius 3 is 2.45 bits per heavy atom. The molecule has 0 radical (unpaired) electrons. The molecule has 1 aromatic heterocycles. The molecule has 22 heavy (non-hydrogen) atoms. The predicted octanol–water partition coefficient (Wildman–Crippen LogP) is 1.40. The Morgan fingerprint density at radius 1 is 1.09 bits per heavy atom. The summed E-state index contributed by atoms with van der Waals surface area (Å²) in [5, 5.41) is 5.08. The maximum absolute atomic E-state index is 11.7. The SMILES string of the molecule is COC(CNC(=O)C(=O)NCc1ccccc1)c1ccco1. The number of furan rings is 1. The van der Waals surface area contributed by atoms with Gasteiger partial charge in [-0.25, -0.2) is 0 Å². The fourth-order valence-corrected chi connectivity index (χ4v) is 1.90. The first-order chi connectivity index (χ1) is 10.7. The predicted molar refractivity (Wildman–Crippen MR) is 79.8 cm³/mol. The molecule has 2 rings (SSSR count). The minimum atomic E-state index is -0.704. The highest BCUT2D eigenvalue weighted by Crippen LogP contribution is 2.15. The summed E-state index contributed by atoms with van der Waals surface area (Å²) in [4.78, 5) is 23.5. The second-order valence-corrected chi connectivity index (χ2v) is 4.62. The molecule has 1 aromatic carbocycles. The number of ether oxygens (including phenoxy) is 1. The van der Waals surface area contributed by atoms with Crippen LogP contribution in [0.3, 0.4) is 0 Å². The molecule has 0 spiro atoms. The fourth-order valence-electron chi connectivity index (χ4n) is 1.90. The molecule has 1 atom stereocenters. The third kappa shape index (κ3) is 4.46.